The molecule has 0 spiro atoms. The van der Waals surface area contributed by atoms with Gasteiger partial charge in [-0.2, -0.15) is 0 Å². The normalized spacial score (nSPS) is 11.9. The van der Waals surface area contributed by atoms with Crippen LogP contribution in [0.4, 0.5) is 4.39 Å². The fraction of sp³-hybridized carbons (Fsp3) is 0.235. The number of hydrogen-bond acceptors (Lipinski definition) is 2. The number of carbonyl (C=O) groups excluding carboxylic acids is 1. The van der Waals surface area contributed by atoms with Crippen LogP contribution >= 0.6 is 23.2 Å². The van der Waals surface area contributed by atoms with Crippen molar-refractivity contribution in [3.8, 4) is 5.75 Å². The lowest BCUT2D eigenvalue weighted by Gasteiger charge is -2.26. The van der Waals surface area contributed by atoms with Crippen LogP contribution in [0.3, 0.4) is 0 Å². The first-order valence-corrected chi connectivity index (χ1v) is 7.73. The van der Waals surface area contributed by atoms with E-state index in [0.717, 1.165) is 5.56 Å². The number of likely N-dealkylation sites (N-methyl/N-ethyl adjacent to an activating group) is 1. The topological polar surface area (TPSA) is 29.5 Å². The first-order valence-electron chi connectivity index (χ1n) is 6.97. The maximum absolute atomic E-state index is 12.8. The van der Waals surface area contributed by atoms with E-state index in [-0.39, 0.29) is 24.4 Å². The fourth-order valence-electron chi connectivity index (χ4n) is 2.04. The van der Waals surface area contributed by atoms with Crippen LogP contribution in [-0.4, -0.2) is 24.5 Å². The summed E-state index contributed by atoms with van der Waals surface area (Å²) in [6, 6.07) is 10.4. The second-order valence-electron chi connectivity index (χ2n) is 5.09. The van der Waals surface area contributed by atoms with Crippen LogP contribution < -0.4 is 4.74 Å². The molecule has 2 aromatic carbocycles. The zero-order valence-electron chi connectivity index (χ0n) is 12.7. The zero-order chi connectivity index (χ0) is 17.0. The molecule has 1 unspecified atom stereocenters. The summed E-state index contributed by atoms with van der Waals surface area (Å²) in [5, 5.41) is 1.05. The molecule has 0 heterocycles. The van der Waals surface area contributed by atoms with Crippen molar-refractivity contribution in [2.45, 2.75) is 13.0 Å². The molecule has 0 saturated carbocycles. The largest absolute Gasteiger partial charge is 0.484 e. The van der Waals surface area contributed by atoms with E-state index < -0.39 is 0 Å². The lowest BCUT2D eigenvalue weighted by molar-refractivity contribution is -0.134. The summed E-state index contributed by atoms with van der Waals surface area (Å²) in [5.74, 6) is -0.134. The first-order chi connectivity index (χ1) is 10.9. The number of benzene rings is 2. The van der Waals surface area contributed by atoms with E-state index in [1.165, 1.54) is 24.3 Å². The Morgan fingerprint density at radius 3 is 2.48 bits per heavy atom. The average molecular weight is 356 g/mol. The van der Waals surface area contributed by atoms with E-state index in [1.54, 1.807) is 30.1 Å². The Morgan fingerprint density at radius 2 is 1.87 bits per heavy atom. The molecule has 0 radical (unpaired) electrons. The maximum Gasteiger partial charge on any atom is 0.260 e. The first kappa shape index (κ1) is 17.6. The Balaban J connectivity index is 1.99. The van der Waals surface area contributed by atoms with Crippen molar-refractivity contribution in [3.05, 3.63) is 63.9 Å². The number of carbonyl (C=O) groups is 1. The summed E-state index contributed by atoms with van der Waals surface area (Å²) in [4.78, 5) is 13.8. The van der Waals surface area contributed by atoms with E-state index in [4.69, 9.17) is 27.9 Å². The minimum Gasteiger partial charge on any atom is -0.484 e. The van der Waals surface area contributed by atoms with E-state index in [0.29, 0.717) is 15.8 Å². The third-order valence-electron chi connectivity index (χ3n) is 3.56. The Bertz CT molecular complexity index is 691. The van der Waals surface area contributed by atoms with Gasteiger partial charge in [0.15, 0.2) is 6.61 Å². The van der Waals surface area contributed by atoms with Crippen LogP contribution in [0.2, 0.25) is 10.0 Å². The number of amides is 1. The highest BCUT2D eigenvalue weighted by atomic mass is 35.5. The maximum atomic E-state index is 12.8. The third-order valence-corrected chi connectivity index (χ3v) is 4.13. The summed E-state index contributed by atoms with van der Waals surface area (Å²) in [7, 11) is 1.67. The predicted molar refractivity (Wildman–Crippen MR) is 89.5 cm³/mol. The van der Waals surface area contributed by atoms with Crippen molar-refractivity contribution >= 4 is 29.1 Å². The molecule has 0 aliphatic heterocycles. The molecule has 1 amide bonds. The van der Waals surface area contributed by atoms with Gasteiger partial charge in [0.1, 0.15) is 11.6 Å². The summed E-state index contributed by atoms with van der Waals surface area (Å²) in [5.41, 5.74) is 0.800. The van der Waals surface area contributed by atoms with Crippen molar-refractivity contribution in [2.75, 3.05) is 13.7 Å². The Morgan fingerprint density at radius 1 is 1.22 bits per heavy atom. The molecule has 0 saturated heterocycles. The van der Waals surface area contributed by atoms with Crippen LogP contribution in [0, 0.1) is 5.82 Å². The van der Waals surface area contributed by atoms with Gasteiger partial charge in [0.2, 0.25) is 0 Å². The molecule has 0 fully saturated rings. The van der Waals surface area contributed by atoms with Crippen molar-refractivity contribution in [3.63, 3.8) is 0 Å². The summed E-state index contributed by atoms with van der Waals surface area (Å²) >= 11 is 12.1. The highest BCUT2D eigenvalue weighted by Gasteiger charge is 2.20. The Labute approximate surface area is 144 Å². The van der Waals surface area contributed by atoms with Crippen molar-refractivity contribution in [1.29, 1.82) is 0 Å². The quantitative estimate of drug-likeness (QED) is 0.775. The van der Waals surface area contributed by atoms with Gasteiger partial charge in [-0.1, -0.05) is 29.3 Å². The second kappa shape index (κ2) is 7.66. The van der Waals surface area contributed by atoms with Crippen LogP contribution in [-0.2, 0) is 4.79 Å². The van der Waals surface area contributed by atoms with Crippen LogP contribution in [0.15, 0.2) is 42.5 Å². The average Bonchev–Trinajstić information content (AvgIpc) is 2.52. The van der Waals surface area contributed by atoms with Crippen LogP contribution in [0.5, 0.6) is 5.75 Å². The molecular formula is C17H16Cl2FNO2. The van der Waals surface area contributed by atoms with Crippen LogP contribution in [0.25, 0.3) is 0 Å². The molecule has 2 aromatic rings. The van der Waals surface area contributed by atoms with Crippen molar-refractivity contribution in [1.82, 2.24) is 4.90 Å². The SMILES string of the molecule is CC(c1ccc(Cl)cc1Cl)N(C)C(=O)COc1ccc(F)cc1. The second-order valence-corrected chi connectivity index (χ2v) is 5.93. The van der Waals surface area contributed by atoms with E-state index >= 15 is 0 Å². The van der Waals surface area contributed by atoms with Gasteiger partial charge in [-0.15, -0.1) is 0 Å². The molecule has 0 bridgehead atoms. The Kier molecular flexibility index (Phi) is 5.85. The summed E-state index contributed by atoms with van der Waals surface area (Å²) in [6.45, 7) is 1.72. The van der Waals surface area contributed by atoms with Crippen molar-refractivity contribution in [2.24, 2.45) is 0 Å². The van der Waals surface area contributed by atoms with E-state index in [9.17, 15) is 9.18 Å². The van der Waals surface area contributed by atoms with Gasteiger partial charge in [0.25, 0.3) is 5.91 Å². The van der Waals surface area contributed by atoms with E-state index in [1.807, 2.05) is 6.92 Å². The minimum atomic E-state index is -0.355. The van der Waals surface area contributed by atoms with Gasteiger partial charge in [0, 0.05) is 17.1 Å². The highest BCUT2D eigenvalue weighted by molar-refractivity contribution is 6.35. The molecule has 23 heavy (non-hydrogen) atoms. The molecule has 3 nitrogen and oxygen atoms in total. The Hall–Kier alpha value is -1.78. The predicted octanol–water partition coefficient (Wildman–Crippen LogP) is 4.73. The molecule has 2 rings (SSSR count). The molecule has 0 aliphatic carbocycles. The number of halogens is 3. The zero-order valence-corrected chi connectivity index (χ0v) is 14.2. The molecule has 0 N–H and O–H groups in total. The number of ether oxygens (including phenoxy) is 1. The monoisotopic (exact) mass is 355 g/mol. The van der Waals surface area contributed by atoms with Gasteiger partial charge < -0.3 is 9.64 Å². The molecule has 0 aliphatic rings. The minimum absolute atomic E-state index is 0.141. The number of hydrogen-bond donors (Lipinski definition) is 0. The summed E-state index contributed by atoms with van der Waals surface area (Å²) < 4.78 is 18.2. The van der Waals surface area contributed by atoms with Gasteiger partial charge in [-0.3, -0.25) is 4.79 Å². The summed E-state index contributed by atoms with van der Waals surface area (Å²) in [6.07, 6.45) is 0. The van der Waals surface area contributed by atoms with Crippen molar-refractivity contribution < 1.29 is 13.9 Å². The lowest BCUT2D eigenvalue weighted by Crippen LogP contribution is -2.33. The molecule has 122 valence electrons. The smallest absolute Gasteiger partial charge is 0.260 e. The molecular weight excluding hydrogens is 340 g/mol. The molecule has 6 heteroatoms. The highest BCUT2D eigenvalue weighted by Crippen LogP contribution is 2.29. The van der Waals surface area contributed by atoms with Crippen LogP contribution in [0.1, 0.15) is 18.5 Å². The van der Waals surface area contributed by atoms with E-state index in [2.05, 4.69) is 0 Å². The van der Waals surface area contributed by atoms with Gasteiger partial charge in [-0.25, -0.2) is 4.39 Å². The standard InChI is InChI=1S/C17H16Cl2FNO2/c1-11(15-8-3-12(18)9-16(15)19)21(2)17(22)10-23-14-6-4-13(20)5-7-14/h3-9,11H,10H2,1-2H3. The third kappa shape index (κ3) is 4.60. The number of rotatable bonds is 5. The number of nitrogens with zero attached hydrogens (tertiary/aromatic N) is 1. The van der Waals surface area contributed by atoms with Gasteiger partial charge >= 0.3 is 0 Å². The van der Waals surface area contributed by atoms with Gasteiger partial charge in [-0.05, 0) is 48.9 Å². The lowest BCUT2D eigenvalue weighted by atomic mass is 10.1. The molecule has 0 aromatic heterocycles. The van der Waals surface area contributed by atoms with Gasteiger partial charge in [0.05, 0.1) is 6.04 Å². The fourth-order valence-corrected chi connectivity index (χ4v) is 2.61. The molecule has 1 atom stereocenters.